The van der Waals surface area contributed by atoms with Crippen molar-refractivity contribution in [2.75, 3.05) is 5.32 Å². The lowest BCUT2D eigenvalue weighted by Gasteiger charge is -2.18. The van der Waals surface area contributed by atoms with Crippen LogP contribution in [0.2, 0.25) is 5.02 Å². The maximum absolute atomic E-state index is 12.2. The number of hydrogen-bond donors (Lipinski definition) is 1. The van der Waals surface area contributed by atoms with E-state index in [4.69, 9.17) is 11.6 Å². The lowest BCUT2D eigenvalue weighted by molar-refractivity contribution is -0.117. The van der Waals surface area contributed by atoms with Crippen LogP contribution in [0.4, 0.5) is 5.69 Å². The molecule has 1 aromatic carbocycles. The topological polar surface area (TPSA) is 64.0 Å². The predicted octanol–water partition coefficient (Wildman–Crippen LogP) is 3.14. The van der Waals surface area contributed by atoms with Crippen molar-refractivity contribution in [3.8, 4) is 0 Å². The van der Waals surface area contributed by atoms with Gasteiger partial charge in [0.15, 0.2) is 0 Å². The molecule has 0 radical (unpaired) electrons. The van der Waals surface area contributed by atoms with E-state index in [1.54, 1.807) is 18.2 Å². The van der Waals surface area contributed by atoms with Gasteiger partial charge in [0.1, 0.15) is 6.54 Å². The second-order valence-corrected chi connectivity index (χ2v) is 6.90. The summed E-state index contributed by atoms with van der Waals surface area (Å²) in [5.74, 6) is -0.351. The van der Waals surface area contributed by atoms with Gasteiger partial charge in [-0.15, -0.1) is 0 Å². The van der Waals surface area contributed by atoms with Gasteiger partial charge in [-0.1, -0.05) is 38.4 Å². The summed E-state index contributed by atoms with van der Waals surface area (Å²) in [6.45, 7) is 7.74. The third-order valence-corrected chi connectivity index (χ3v) is 3.64. The van der Waals surface area contributed by atoms with E-state index in [1.807, 2.05) is 33.8 Å². The van der Waals surface area contributed by atoms with E-state index in [9.17, 15) is 9.59 Å². The van der Waals surface area contributed by atoms with Crippen LogP contribution in [0.3, 0.4) is 0 Å². The standard InChI is InChI=1S/C17H20ClN3O2/c1-11-5-6-13(12(18)9-11)19-15(22)10-21-16(23)8-7-14(20-21)17(2,3)4/h5-9H,10H2,1-4H3,(H,19,22). The highest BCUT2D eigenvalue weighted by Crippen LogP contribution is 2.22. The molecule has 0 spiro atoms. The van der Waals surface area contributed by atoms with Gasteiger partial charge in [0.05, 0.1) is 16.4 Å². The lowest BCUT2D eigenvalue weighted by Crippen LogP contribution is -2.31. The van der Waals surface area contributed by atoms with Gasteiger partial charge in [-0.25, -0.2) is 4.68 Å². The number of rotatable bonds is 3. The molecule has 1 N–H and O–H groups in total. The van der Waals surface area contributed by atoms with Crippen molar-refractivity contribution in [1.29, 1.82) is 0 Å². The number of anilines is 1. The first kappa shape index (κ1) is 17.2. The molecule has 1 amide bonds. The van der Waals surface area contributed by atoms with Crippen LogP contribution in [0, 0.1) is 6.92 Å². The molecule has 0 aliphatic rings. The fourth-order valence-electron chi connectivity index (χ4n) is 2.01. The van der Waals surface area contributed by atoms with Gasteiger partial charge in [-0.2, -0.15) is 5.10 Å². The van der Waals surface area contributed by atoms with Gasteiger partial charge in [0, 0.05) is 11.5 Å². The second-order valence-electron chi connectivity index (χ2n) is 6.50. The molecular weight excluding hydrogens is 314 g/mol. The van der Waals surface area contributed by atoms with Crippen molar-refractivity contribution in [3.63, 3.8) is 0 Å². The van der Waals surface area contributed by atoms with Crippen molar-refractivity contribution < 1.29 is 4.79 Å². The number of hydrogen-bond acceptors (Lipinski definition) is 3. The Hall–Kier alpha value is -2.14. The van der Waals surface area contributed by atoms with E-state index in [0.29, 0.717) is 10.7 Å². The maximum atomic E-state index is 12.2. The summed E-state index contributed by atoms with van der Waals surface area (Å²) in [5, 5.41) is 7.43. The Morgan fingerprint density at radius 1 is 1.26 bits per heavy atom. The van der Waals surface area contributed by atoms with E-state index in [0.717, 1.165) is 15.9 Å². The minimum absolute atomic E-state index is 0.160. The van der Waals surface area contributed by atoms with Crippen LogP contribution in [0.1, 0.15) is 32.0 Å². The molecule has 5 nitrogen and oxygen atoms in total. The number of aryl methyl sites for hydroxylation is 1. The maximum Gasteiger partial charge on any atom is 0.267 e. The smallest absolute Gasteiger partial charge is 0.267 e. The molecule has 1 heterocycles. The third-order valence-electron chi connectivity index (χ3n) is 3.33. The van der Waals surface area contributed by atoms with Crippen LogP contribution in [-0.2, 0) is 16.8 Å². The summed E-state index contributed by atoms with van der Waals surface area (Å²) < 4.78 is 1.16. The molecule has 0 atom stereocenters. The minimum Gasteiger partial charge on any atom is -0.323 e. The first-order valence-corrected chi connectivity index (χ1v) is 7.69. The van der Waals surface area contributed by atoms with Crippen molar-refractivity contribution >= 4 is 23.2 Å². The normalized spacial score (nSPS) is 11.3. The van der Waals surface area contributed by atoms with Gasteiger partial charge < -0.3 is 5.32 Å². The van der Waals surface area contributed by atoms with Crippen LogP contribution >= 0.6 is 11.6 Å². The van der Waals surface area contributed by atoms with Gasteiger partial charge in [-0.3, -0.25) is 9.59 Å². The Bertz CT molecular complexity index is 791. The van der Waals surface area contributed by atoms with Crippen LogP contribution in [0.25, 0.3) is 0 Å². The number of carbonyl (C=O) groups is 1. The highest BCUT2D eigenvalue weighted by atomic mass is 35.5. The summed E-state index contributed by atoms with van der Waals surface area (Å²) in [7, 11) is 0. The molecule has 6 heteroatoms. The molecule has 0 aliphatic carbocycles. The zero-order valence-corrected chi connectivity index (χ0v) is 14.4. The van der Waals surface area contributed by atoms with E-state index >= 15 is 0 Å². The second kappa shape index (κ2) is 6.54. The van der Waals surface area contributed by atoms with Crippen LogP contribution < -0.4 is 10.9 Å². The molecule has 23 heavy (non-hydrogen) atoms. The number of amides is 1. The van der Waals surface area contributed by atoms with Gasteiger partial charge >= 0.3 is 0 Å². The quantitative estimate of drug-likeness (QED) is 0.938. The molecule has 122 valence electrons. The monoisotopic (exact) mass is 333 g/mol. The molecular formula is C17H20ClN3O2. The molecule has 1 aromatic heterocycles. The van der Waals surface area contributed by atoms with Gasteiger partial charge in [0.2, 0.25) is 5.91 Å². The number of carbonyl (C=O) groups excluding carboxylic acids is 1. The molecule has 0 aliphatic heterocycles. The zero-order chi connectivity index (χ0) is 17.2. The van der Waals surface area contributed by atoms with Crippen LogP contribution in [0.15, 0.2) is 35.1 Å². The largest absolute Gasteiger partial charge is 0.323 e. The number of nitrogens with zero attached hydrogens (tertiary/aromatic N) is 2. The van der Waals surface area contributed by atoms with Crippen molar-refractivity contribution in [1.82, 2.24) is 9.78 Å². The molecule has 2 rings (SSSR count). The van der Waals surface area contributed by atoms with E-state index in [2.05, 4.69) is 10.4 Å². The minimum atomic E-state index is -0.351. The summed E-state index contributed by atoms with van der Waals surface area (Å²) in [6.07, 6.45) is 0. The first-order valence-electron chi connectivity index (χ1n) is 7.31. The SMILES string of the molecule is Cc1ccc(NC(=O)Cn2nc(C(C)(C)C)ccc2=O)c(Cl)c1. The van der Waals surface area contributed by atoms with E-state index in [1.165, 1.54) is 6.07 Å². The Morgan fingerprint density at radius 3 is 2.57 bits per heavy atom. The average molecular weight is 334 g/mol. The molecule has 0 fully saturated rings. The van der Waals surface area contributed by atoms with Gasteiger partial charge in [0.25, 0.3) is 5.56 Å². The third kappa shape index (κ3) is 4.42. The zero-order valence-electron chi connectivity index (χ0n) is 13.7. The summed E-state index contributed by atoms with van der Waals surface area (Å²) >= 11 is 6.09. The Labute approximate surface area is 140 Å². The van der Waals surface area contributed by atoms with Crippen molar-refractivity contribution in [2.45, 2.75) is 39.7 Å². The summed E-state index contributed by atoms with van der Waals surface area (Å²) in [6, 6.07) is 8.47. The average Bonchev–Trinajstić information content (AvgIpc) is 2.43. The Morgan fingerprint density at radius 2 is 1.96 bits per heavy atom. The molecule has 0 saturated heterocycles. The fourth-order valence-corrected chi connectivity index (χ4v) is 2.29. The van der Waals surface area contributed by atoms with E-state index < -0.39 is 0 Å². The van der Waals surface area contributed by atoms with Crippen molar-refractivity contribution in [2.24, 2.45) is 0 Å². The Balaban J connectivity index is 2.18. The molecule has 0 unspecified atom stereocenters. The predicted molar refractivity (Wildman–Crippen MR) is 92.0 cm³/mol. The van der Waals surface area contributed by atoms with Crippen LogP contribution in [0.5, 0.6) is 0 Å². The lowest BCUT2D eigenvalue weighted by atomic mass is 9.92. The number of aromatic nitrogens is 2. The highest BCUT2D eigenvalue weighted by Gasteiger charge is 2.17. The van der Waals surface area contributed by atoms with Gasteiger partial charge in [-0.05, 0) is 30.7 Å². The van der Waals surface area contributed by atoms with Crippen molar-refractivity contribution in [3.05, 3.63) is 57.0 Å². The fraction of sp³-hybridized carbons (Fsp3) is 0.353. The molecule has 0 bridgehead atoms. The number of nitrogens with one attached hydrogen (secondary N) is 1. The number of halogens is 1. The first-order chi connectivity index (χ1) is 10.7. The number of benzene rings is 1. The molecule has 2 aromatic rings. The molecule has 0 saturated carbocycles. The summed E-state index contributed by atoms with van der Waals surface area (Å²) in [4.78, 5) is 24.1. The Kier molecular flexibility index (Phi) is 4.90. The highest BCUT2D eigenvalue weighted by molar-refractivity contribution is 6.33. The summed E-state index contributed by atoms with van der Waals surface area (Å²) in [5.41, 5.74) is 1.75. The van der Waals surface area contributed by atoms with E-state index in [-0.39, 0.29) is 23.4 Å². The van der Waals surface area contributed by atoms with Crippen LogP contribution in [-0.4, -0.2) is 15.7 Å².